The van der Waals surface area contributed by atoms with Crippen LogP contribution in [0.3, 0.4) is 0 Å². The highest BCUT2D eigenvalue weighted by Crippen LogP contribution is 2.28. The van der Waals surface area contributed by atoms with Crippen LogP contribution >= 0.6 is 11.3 Å². The van der Waals surface area contributed by atoms with Gasteiger partial charge >= 0.3 is 5.97 Å². The molecule has 0 radical (unpaired) electrons. The number of carbonyl (C=O) groups is 1. The SMILES string of the molecule is CC(C)=C1C(=NCN2CC(=NOC(C)(C)C)C2)N=C(c2nccs2)C(C(=O)O)=C1O. The molecule has 0 aromatic carbocycles. The van der Waals surface area contributed by atoms with E-state index in [4.69, 9.17) is 4.84 Å². The fourth-order valence-electron chi connectivity index (χ4n) is 2.83. The lowest BCUT2D eigenvalue weighted by atomic mass is 9.97. The summed E-state index contributed by atoms with van der Waals surface area (Å²) < 4.78 is 0. The Bertz CT molecular complexity index is 985. The predicted molar refractivity (Wildman–Crippen MR) is 116 cm³/mol. The van der Waals surface area contributed by atoms with Gasteiger partial charge in [-0.25, -0.2) is 14.8 Å². The lowest BCUT2D eigenvalue weighted by Crippen LogP contribution is -2.47. The van der Waals surface area contributed by atoms with Crippen molar-refractivity contribution < 1.29 is 19.8 Å². The van der Waals surface area contributed by atoms with Gasteiger partial charge in [0.2, 0.25) is 0 Å². The van der Waals surface area contributed by atoms with Crippen molar-refractivity contribution in [1.82, 2.24) is 9.88 Å². The van der Waals surface area contributed by atoms with Gasteiger partial charge in [0.15, 0.2) is 5.84 Å². The Hall–Kier alpha value is -2.85. The number of amidine groups is 1. The first-order valence-corrected chi connectivity index (χ1v) is 10.3. The van der Waals surface area contributed by atoms with E-state index in [0.29, 0.717) is 36.2 Å². The average Bonchev–Trinajstić information content (AvgIpc) is 3.12. The van der Waals surface area contributed by atoms with Crippen LogP contribution in [-0.4, -0.2) is 68.7 Å². The van der Waals surface area contributed by atoms with Gasteiger partial charge in [-0.2, -0.15) is 0 Å². The number of aliphatic hydroxyl groups excluding tert-OH is 1. The summed E-state index contributed by atoms with van der Waals surface area (Å²) in [5.74, 6) is -1.31. The van der Waals surface area contributed by atoms with E-state index in [9.17, 15) is 15.0 Å². The topological polar surface area (TPSA) is 120 Å². The molecule has 0 bridgehead atoms. The molecular weight excluding hydrogens is 406 g/mol. The Balaban J connectivity index is 1.85. The third kappa shape index (κ3) is 4.82. The number of dihydropyridines is 1. The summed E-state index contributed by atoms with van der Waals surface area (Å²) >= 11 is 1.25. The smallest absolute Gasteiger partial charge is 0.341 e. The minimum atomic E-state index is -1.26. The normalized spacial score (nSPS) is 19.0. The van der Waals surface area contributed by atoms with Crippen molar-refractivity contribution in [2.24, 2.45) is 15.1 Å². The molecule has 2 aliphatic rings. The second kappa shape index (κ2) is 8.49. The van der Waals surface area contributed by atoms with Gasteiger partial charge in [0, 0.05) is 24.7 Å². The highest BCUT2D eigenvalue weighted by atomic mass is 32.1. The third-order valence-corrected chi connectivity index (χ3v) is 4.96. The van der Waals surface area contributed by atoms with E-state index >= 15 is 0 Å². The molecule has 0 saturated carbocycles. The molecule has 0 unspecified atom stereocenters. The van der Waals surface area contributed by atoms with Crippen molar-refractivity contribution in [1.29, 1.82) is 0 Å². The molecular formula is C20H25N5O4S. The second-order valence-electron chi connectivity index (χ2n) is 8.17. The summed E-state index contributed by atoms with van der Waals surface area (Å²) in [5, 5.41) is 26.7. The van der Waals surface area contributed by atoms with E-state index in [0.717, 1.165) is 11.3 Å². The summed E-state index contributed by atoms with van der Waals surface area (Å²) in [6, 6.07) is 0. The number of hydrogen-bond donors (Lipinski definition) is 2. The van der Waals surface area contributed by atoms with Crippen molar-refractivity contribution in [3.63, 3.8) is 0 Å². The number of aliphatic carboxylic acids is 1. The Kier molecular flexibility index (Phi) is 6.18. The first-order chi connectivity index (χ1) is 14.1. The number of oxime groups is 1. The fourth-order valence-corrected chi connectivity index (χ4v) is 3.46. The number of carboxylic acids is 1. The summed E-state index contributed by atoms with van der Waals surface area (Å²) in [6.07, 6.45) is 1.56. The molecule has 9 nitrogen and oxygen atoms in total. The Morgan fingerprint density at radius 1 is 1.33 bits per heavy atom. The molecule has 30 heavy (non-hydrogen) atoms. The molecule has 1 saturated heterocycles. The van der Waals surface area contributed by atoms with E-state index < -0.39 is 5.97 Å². The fraction of sp³-hybridized carbons (Fsp3) is 0.450. The van der Waals surface area contributed by atoms with E-state index in [2.05, 4.69) is 20.1 Å². The van der Waals surface area contributed by atoms with Gasteiger partial charge in [-0.05, 0) is 34.6 Å². The molecule has 1 aromatic heterocycles. The zero-order valence-corrected chi connectivity index (χ0v) is 18.4. The highest BCUT2D eigenvalue weighted by Gasteiger charge is 2.33. The zero-order chi connectivity index (χ0) is 22.1. The van der Waals surface area contributed by atoms with Crippen LogP contribution in [0.4, 0.5) is 0 Å². The maximum atomic E-state index is 11.8. The standard InChI is InChI=1S/C20H25N5O4S/c1-11(2)13-16(26)14(19(27)28)15(18-21-6-7-30-18)23-17(13)22-10-25-8-12(9-25)24-29-20(3,4)5/h6-7,26H,8-10H2,1-5H3,(H,27,28). The van der Waals surface area contributed by atoms with Gasteiger partial charge in [0.05, 0.1) is 18.0 Å². The Labute approximate surface area is 178 Å². The number of allylic oxidation sites excluding steroid dienone is 1. The molecule has 2 aliphatic heterocycles. The summed E-state index contributed by atoms with van der Waals surface area (Å²) in [5.41, 5.74) is 1.50. The van der Waals surface area contributed by atoms with Gasteiger partial charge in [0.1, 0.15) is 27.7 Å². The molecule has 0 spiro atoms. The summed E-state index contributed by atoms with van der Waals surface area (Å²) in [7, 11) is 0. The van der Waals surface area contributed by atoms with Gasteiger partial charge in [-0.15, -0.1) is 11.3 Å². The van der Waals surface area contributed by atoms with Gasteiger partial charge in [-0.3, -0.25) is 9.89 Å². The number of hydrogen-bond acceptors (Lipinski definition) is 8. The molecule has 0 atom stereocenters. The van der Waals surface area contributed by atoms with Crippen molar-refractivity contribution in [2.75, 3.05) is 19.8 Å². The second-order valence-corrected chi connectivity index (χ2v) is 9.07. The van der Waals surface area contributed by atoms with Crippen LogP contribution in [0.25, 0.3) is 0 Å². The Morgan fingerprint density at radius 3 is 2.57 bits per heavy atom. The predicted octanol–water partition coefficient (Wildman–Crippen LogP) is 3.02. The van der Waals surface area contributed by atoms with Crippen molar-refractivity contribution in [3.05, 3.63) is 39.1 Å². The van der Waals surface area contributed by atoms with Gasteiger partial charge in [-0.1, -0.05) is 10.7 Å². The number of nitrogens with zero attached hydrogens (tertiary/aromatic N) is 5. The number of rotatable bonds is 5. The first kappa shape index (κ1) is 21.8. The van der Waals surface area contributed by atoms with Crippen molar-refractivity contribution in [3.8, 4) is 0 Å². The monoisotopic (exact) mass is 431 g/mol. The zero-order valence-electron chi connectivity index (χ0n) is 17.6. The molecule has 1 aromatic rings. The molecule has 0 amide bonds. The van der Waals surface area contributed by atoms with Crippen LogP contribution in [0, 0.1) is 0 Å². The highest BCUT2D eigenvalue weighted by molar-refractivity contribution is 7.12. The lowest BCUT2D eigenvalue weighted by molar-refractivity contribution is -0.132. The summed E-state index contributed by atoms with van der Waals surface area (Å²) in [4.78, 5) is 32.4. The van der Waals surface area contributed by atoms with Crippen molar-refractivity contribution in [2.45, 2.75) is 40.2 Å². The Morgan fingerprint density at radius 2 is 2.03 bits per heavy atom. The maximum Gasteiger partial charge on any atom is 0.341 e. The molecule has 3 rings (SSSR count). The number of likely N-dealkylation sites (tertiary alicyclic amines) is 1. The van der Waals surface area contributed by atoms with Gasteiger partial charge < -0.3 is 15.1 Å². The molecule has 2 N–H and O–H groups in total. The van der Waals surface area contributed by atoms with Crippen LogP contribution < -0.4 is 0 Å². The number of aromatic nitrogens is 1. The van der Waals surface area contributed by atoms with E-state index in [-0.39, 0.29) is 22.6 Å². The quantitative estimate of drug-likeness (QED) is 0.692. The van der Waals surface area contributed by atoms with Crippen LogP contribution in [0.1, 0.15) is 39.6 Å². The minimum absolute atomic E-state index is 0.114. The number of thiazole rings is 1. The molecule has 10 heteroatoms. The van der Waals surface area contributed by atoms with Crippen LogP contribution in [0.5, 0.6) is 0 Å². The van der Waals surface area contributed by atoms with Gasteiger partial charge in [0.25, 0.3) is 0 Å². The number of carboxylic acid groups (broad SMARTS) is 1. The van der Waals surface area contributed by atoms with Crippen molar-refractivity contribution >= 4 is 34.6 Å². The van der Waals surface area contributed by atoms with Crippen LogP contribution in [0.15, 0.2) is 49.2 Å². The average molecular weight is 432 g/mol. The third-order valence-electron chi connectivity index (χ3n) is 4.18. The van der Waals surface area contributed by atoms with E-state index in [1.807, 2.05) is 25.7 Å². The minimum Gasteiger partial charge on any atom is -0.506 e. The van der Waals surface area contributed by atoms with E-state index in [1.54, 1.807) is 25.4 Å². The first-order valence-electron chi connectivity index (χ1n) is 9.41. The lowest BCUT2D eigenvalue weighted by Gasteiger charge is -2.31. The number of aliphatic hydroxyl groups is 1. The van der Waals surface area contributed by atoms with E-state index in [1.165, 1.54) is 11.3 Å². The maximum absolute atomic E-state index is 11.8. The molecule has 1 fully saturated rings. The summed E-state index contributed by atoms with van der Waals surface area (Å²) in [6.45, 7) is 11.0. The molecule has 0 aliphatic carbocycles. The molecule has 160 valence electrons. The van der Waals surface area contributed by atoms with Crippen LogP contribution in [-0.2, 0) is 9.63 Å². The number of aliphatic imine (C=N–C) groups is 2. The molecule has 3 heterocycles. The largest absolute Gasteiger partial charge is 0.506 e. The van der Waals surface area contributed by atoms with Crippen LogP contribution in [0.2, 0.25) is 0 Å².